The first kappa shape index (κ1) is 17.7. The molecule has 126 valence electrons. The Kier molecular flexibility index (Phi) is 6.57. The van der Waals surface area contributed by atoms with Gasteiger partial charge in [0.25, 0.3) is 0 Å². The molecule has 0 radical (unpaired) electrons. The number of rotatable bonds is 7. The standard InChI is InChI=1S/C18H21N3O2S/c1-3-22-17-10-15(11-20-21-18(19)24)8-9-16(17)23-12-14-6-4-13(2)5-7-14/h4-11H,3,12H2,1-2H3,(H3,19,21,24)/p+1. The predicted molar refractivity (Wildman–Crippen MR) is 99.2 cm³/mol. The molecule has 6 heteroatoms. The lowest BCUT2D eigenvalue weighted by molar-refractivity contribution is -0.499. The third kappa shape index (κ3) is 5.55. The van der Waals surface area contributed by atoms with Crippen LogP contribution in [-0.2, 0) is 6.61 Å². The van der Waals surface area contributed by atoms with Gasteiger partial charge in [-0.1, -0.05) is 29.8 Å². The lowest BCUT2D eigenvalue weighted by atomic mass is 10.2. The Morgan fingerprint density at radius 1 is 1.17 bits per heavy atom. The van der Waals surface area contributed by atoms with Gasteiger partial charge in [-0.2, -0.15) is 0 Å². The van der Waals surface area contributed by atoms with Crippen molar-refractivity contribution >= 4 is 23.5 Å². The summed E-state index contributed by atoms with van der Waals surface area (Å²) in [5, 5.41) is 2.99. The van der Waals surface area contributed by atoms with Gasteiger partial charge in [-0.25, -0.2) is 0 Å². The summed E-state index contributed by atoms with van der Waals surface area (Å²) < 4.78 is 11.6. The van der Waals surface area contributed by atoms with Gasteiger partial charge in [0, 0.05) is 5.56 Å². The summed E-state index contributed by atoms with van der Waals surface area (Å²) in [6, 6.07) is 13.9. The van der Waals surface area contributed by atoms with Crippen LogP contribution in [0.25, 0.3) is 0 Å². The Labute approximate surface area is 147 Å². The first-order valence-corrected chi connectivity index (χ1v) is 8.08. The van der Waals surface area contributed by atoms with Crippen LogP contribution in [0.15, 0.2) is 42.5 Å². The van der Waals surface area contributed by atoms with Crippen LogP contribution in [0.3, 0.4) is 0 Å². The van der Waals surface area contributed by atoms with Gasteiger partial charge in [0.05, 0.1) is 6.61 Å². The third-order valence-corrected chi connectivity index (χ3v) is 3.32. The van der Waals surface area contributed by atoms with Crippen molar-refractivity contribution in [2.24, 2.45) is 5.73 Å². The Morgan fingerprint density at radius 3 is 2.58 bits per heavy atom. The maximum Gasteiger partial charge on any atom is 0.221 e. The molecule has 5 nitrogen and oxygen atoms in total. The third-order valence-electron chi connectivity index (χ3n) is 3.22. The van der Waals surface area contributed by atoms with Crippen LogP contribution in [0, 0.1) is 6.92 Å². The van der Waals surface area contributed by atoms with Gasteiger partial charge in [0.1, 0.15) is 6.61 Å². The summed E-state index contributed by atoms with van der Waals surface area (Å²) in [4.78, 5) is 0. The average molecular weight is 344 g/mol. The summed E-state index contributed by atoms with van der Waals surface area (Å²) in [5.41, 5.74) is 11.2. The normalized spacial score (nSPS) is 10.6. The van der Waals surface area contributed by atoms with Crippen molar-refractivity contribution in [1.29, 1.82) is 0 Å². The zero-order valence-electron chi connectivity index (χ0n) is 13.8. The van der Waals surface area contributed by atoms with Gasteiger partial charge >= 0.3 is 0 Å². The highest BCUT2D eigenvalue weighted by molar-refractivity contribution is 7.80. The zero-order chi connectivity index (χ0) is 17.4. The fourth-order valence-electron chi connectivity index (χ4n) is 2.04. The van der Waals surface area contributed by atoms with Crippen LogP contribution in [0.5, 0.6) is 11.5 Å². The van der Waals surface area contributed by atoms with E-state index < -0.39 is 0 Å². The summed E-state index contributed by atoms with van der Waals surface area (Å²) in [6.45, 7) is 5.05. The highest BCUT2D eigenvalue weighted by atomic mass is 32.1. The maximum absolute atomic E-state index is 5.90. The molecule has 0 heterocycles. The molecule has 0 amide bonds. The van der Waals surface area contributed by atoms with E-state index in [2.05, 4.69) is 41.7 Å². The molecular formula is C18H22N3O2S+. The fourth-order valence-corrected chi connectivity index (χ4v) is 2.10. The second-order valence-electron chi connectivity index (χ2n) is 5.19. The van der Waals surface area contributed by atoms with E-state index in [1.54, 1.807) is 6.21 Å². The minimum absolute atomic E-state index is 0.175. The van der Waals surface area contributed by atoms with Crippen LogP contribution >= 0.6 is 12.2 Å². The van der Waals surface area contributed by atoms with Crippen molar-refractivity contribution in [3.63, 3.8) is 0 Å². The van der Waals surface area contributed by atoms with E-state index in [4.69, 9.17) is 27.4 Å². The minimum atomic E-state index is 0.175. The minimum Gasteiger partial charge on any atom is -0.490 e. The SMILES string of the molecule is CCOc1cc(C=[NH+]NC(N)=S)ccc1OCc1ccc(C)cc1. The number of hydrogen-bond acceptors (Lipinski definition) is 3. The van der Waals surface area contributed by atoms with Crippen molar-refractivity contribution in [1.82, 2.24) is 5.43 Å². The molecular weight excluding hydrogens is 322 g/mol. The maximum atomic E-state index is 5.90. The molecule has 2 aromatic carbocycles. The molecule has 0 fully saturated rings. The van der Waals surface area contributed by atoms with E-state index >= 15 is 0 Å². The first-order valence-electron chi connectivity index (χ1n) is 7.68. The van der Waals surface area contributed by atoms with E-state index in [0.29, 0.717) is 24.7 Å². The zero-order valence-corrected chi connectivity index (χ0v) is 14.7. The molecule has 0 atom stereocenters. The molecule has 0 aliphatic carbocycles. The summed E-state index contributed by atoms with van der Waals surface area (Å²) in [6.07, 6.45) is 1.74. The van der Waals surface area contributed by atoms with Gasteiger partial charge < -0.3 is 15.2 Å². The number of hydrogen-bond donors (Lipinski definition) is 3. The molecule has 0 aromatic heterocycles. The van der Waals surface area contributed by atoms with Gasteiger partial charge in [-0.15, -0.1) is 10.5 Å². The van der Waals surface area contributed by atoms with E-state index in [1.165, 1.54) is 5.56 Å². The van der Waals surface area contributed by atoms with Gasteiger partial charge in [-0.3, -0.25) is 0 Å². The van der Waals surface area contributed by atoms with Crippen molar-refractivity contribution in [2.75, 3.05) is 6.61 Å². The smallest absolute Gasteiger partial charge is 0.221 e. The quantitative estimate of drug-likeness (QED) is 0.400. The second kappa shape index (κ2) is 8.88. The number of benzene rings is 2. The topological polar surface area (TPSA) is 70.5 Å². The predicted octanol–water partition coefficient (Wildman–Crippen LogP) is 1.22. The summed E-state index contributed by atoms with van der Waals surface area (Å²) in [7, 11) is 0. The monoisotopic (exact) mass is 344 g/mol. The van der Waals surface area contributed by atoms with E-state index in [0.717, 1.165) is 11.1 Å². The van der Waals surface area contributed by atoms with Crippen LogP contribution in [0.2, 0.25) is 0 Å². The molecule has 4 N–H and O–H groups in total. The molecule has 0 spiro atoms. The fraction of sp³-hybridized carbons (Fsp3) is 0.222. The van der Waals surface area contributed by atoms with E-state index in [-0.39, 0.29) is 5.11 Å². The van der Waals surface area contributed by atoms with E-state index in [1.807, 2.05) is 25.1 Å². The lowest BCUT2D eigenvalue weighted by Crippen LogP contribution is -2.82. The molecule has 2 rings (SSSR count). The Bertz CT molecular complexity index is 715. The molecule has 0 saturated heterocycles. The van der Waals surface area contributed by atoms with Crippen LogP contribution in [-0.4, -0.2) is 17.9 Å². The highest BCUT2D eigenvalue weighted by Gasteiger charge is 2.07. The van der Waals surface area contributed by atoms with Crippen LogP contribution in [0.4, 0.5) is 0 Å². The number of hydrazone groups is 1. The van der Waals surface area contributed by atoms with Crippen molar-refractivity contribution in [2.45, 2.75) is 20.5 Å². The van der Waals surface area contributed by atoms with Crippen LogP contribution in [0.1, 0.15) is 23.6 Å². The van der Waals surface area contributed by atoms with Crippen LogP contribution < -0.4 is 25.7 Å². The van der Waals surface area contributed by atoms with Gasteiger partial charge in [0.2, 0.25) is 5.11 Å². The molecule has 0 bridgehead atoms. The van der Waals surface area contributed by atoms with Crippen molar-refractivity contribution < 1.29 is 14.6 Å². The summed E-state index contributed by atoms with van der Waals surface area (Å²) >= 11 is 4.73. The molecule has 24 heavy (non-hydrogen) atoms. The average Bonchev–Trinajstić information content (AvgIpc) is 2.55. The number of nitrogens with two attached hydrogens (primary N) is 1. The Balaban J connectivity index is 2.09. The van der Waals surface area contributed by atoms with Gasteiger partial charge in [0.15, 0.2) is 17.7 Å². The van der Waals surface area contributed by atoms with Gasteiger partial charge in [-0.05, 0) is 49.8 Å². The number of thiocarbonyl (C=S) groups is 1. The molecule has 0 saturated carbocycles. The van der Waals surface area contributed by atoms with Crippen molar-refractivity contribution in [3.05, 3.63) is 59.2 Å². The molecule has 2 aromatic rings. The van der Waals surface area contributed by atoms with Crippen molar-refractivity contribution in [3.8, 4) is 11.5 Å². The number of aryl methyl sites for hydroxylation is 1. The first-order chi connectivity index (χ1) is 11.6. The molecule has 0 unspecified atom stereocenters. The number of nitrogens with one attached hydrogen (secondary N) is 2. The Morgan fingerprint density at radius 2 is 1.92 bits per heavy atom. The summed E-state index contributed by atoms with van der Waals surface area (Å²) in [5.74, 6) is 1.40. The number of hydrazine groups is 1. The molecule has 0 aliphatic rings. The Hall–Kier alpha value is -2.60. The second-order valence-corrected chi connectivity index (χ2v) is 5.63. The van der Waals surface area contributed by atoms with E-state index in [9.17, 15) is 0 Å². The highest BCUT2D eigenvalue weighted by Crippen LogP contribution is 2.28. The number of ether oxygens (including phenoxy) is 2. The lowest BCUT2D eigenvalue weighted by Gasteiger charge is -2.12. The molecule has 0 aliphatic heterocycles. The largest absolute Gasteiger partial charge is 0.490 e.